The Morgan fingerprint density at radius 2 is 2.23 bits per heavy atom. The van der Waals surface area contributed by atoms with Gasteiger partial charge < -0.3 is 15.4 Å². The normalized spacial score (nSPS) is 15.8. The van der Waals surface area contributed by atoms with Crippen LogP contribution in [0.25, 0.3) is 0 Å². The first-order valence-corrected chi connectivity index (χ1v) is 9.59. The second-order valence-electron chi connectivity index (χ2n) is 6.92. The topological polar surface area (TPSA) is 81.1 Å². The molecule has 1 unspecified atom stereocenters. The Hall–Kier alpha value is -2.97. The zero-order valence-electron chi connectivity index (χ0n) is 16.3. The van der Waals surface area contributed by atoms with Gasteiger partial charge in [0.05, 0.1) is 12.2 Å². The number of ether oxygens (including phenoxy) is 1. The Morgan fingerprint density at radius 1 is 1.33 bits per heavy atom. The molecule has 9 heteroatoms. The monoisotopic (exact) mass is 431 g/mol. The van der Waals surface area contributed by atoms with Crippen LogP contribution < -0.4 is 15.4 Å². The Bertz CT molecular complexity index is 977. The van der Waals surface area contributed by atoms with Crippen molar-refractivity contribution in [2.45, 2.75) is 25.4 Å². The Labute approximate surface area is 180 Å². The first-order chi connectivity index (χ1) is 14.2. The van der Waals surface area contributed by atoms with Crippen LogP contribution >= 0.6 is 12.4 Å². The van der Waals surface area contributed by atoms with Gasteiger partial charge in [0.25, 0.3) is 5.91 Å². The van der Waals surface area contributed by atoms with Gasteiger partial charge in [0.15, 0.2) is 11.6 Å². The number of carbonyl (C=O) groups excluding carboxylic acids is 1. The van der Waals surface area contributed by atoms with Crippen LogP contribution in [-0.4, -0.2) is 33.8 Å². The highest BCUT2D eigenvalue weighted by atomic mass is 35.5. The second-order valence-corrected chi connectivity index (χ2v) is 6.92. The fourth-order valence-corrected chi connectivity index (χ4v) is 3.27. The lowest BCUT2D eigenvalue weighted by Crippen LogP contribution is -2.32. The fourth-order valence-electron chi connectivity index (χ4n) is 3.27. The summed E-state index contributed by atoms with van der Waals surface area (Å²) in [4.78, 5) is 16.3. The highest BCUT2D eigenvalue weighted by molar-refractivity contribution is 5.92. The third kappa shape index (κ3) is 5.34. The maximum atomic E-state index is 14.3. The molecule has 1 saturated heterocycles. The number of nitrogens with zero attached hydrogens (tertiary/aromatic N) is 3. The molecule has 3 heterocycles. The number of aromatic nitrogens is 3. The summed E-state index contributed by atoms with van der Waals surface area (Å²) in [7, 11) is 0. The number of hydrogen-bond donors (Lipinski definition) is 2. The molecule has 1 amide bonds. The van der Waals surface area contributed by atoms with Crippen LogP contribution in [0.3, 0.4) is 0 Å². The van der Waals surface area contributed by atoms with E-state index in [0.717, 1.165) is 25.9 Å². The first kappa shape index (κ1) is 21.7. The highest BCUT2D eigenvalue weighted by Crippen LogP contribution is 2.24. The number of piperidine rings is 1. The first-order valence-electron chi connectivity index (χ1n) is 9.59. The molecule has 0 spiro atoms. The Kier molecular flexibility index (Phi) is 7.37. The number of pyridine rings is 1. The van der Waals surface area contributed by atoms with E-state index in [2.05, 4.69) is 20.7 Å². The van der Waals surface area contributed by atoms with Crippen molar-refractivity contribution in [3.8, 4) is 11.5 Å². The molecule has 1 aromatic carbocycles. The van der Waals surface area contributed by atoms with Crippen LogP contribution in [0.5, 0.6) is 11.5 Å². The molecule has 3 aromatic rings. The quantitative estimate of drug-likeness (QED) is 0.624. The van der Waals surface area contributed by atoms with Crippen LogP contribution in [-0.2, 0) is 6.54 Å². The predicted octanol–water partition coefficient (Wildman–Crippen LogP) is 3.49. The van der Waals surface area contributed by atoms with E-state index in [1.54, 1.807) is 30.5 Å². The van der Waals surface area contributed by atoms with Crippen molar-refractivity contribution in [1.29, 1.82) is 0 Å². The lowest BCUT2D eigenvalue weighted by molar-refractivity contribution is 0.0944. The average molecular weight is 432 g/mol. The van der Waals surface area contributed by atoms with Crippen LogP contribution in [0.1, 0.15) is 34.9 Å². The van der Waals surface area contributed by atoms with E-state index in [9.17, 15) is 9.18 Å². The lowest BCUT2D eigenvalue weighted by Gasteiger charge is -2.22. The minimum absolute atomic E-state index is 0. The summed E-state index contributed by atoms with van der Waals surface area (Å²) in [5.74, 6) is -0.234. The zero-order chi connectivity index (χ0) is 20.1. The van der Waals surface area contributed by atoms with Crippen molar-refractivity contribution in [3.63, 3.8) is 0 Å². The van der Waals surface area contributed by atoms with Crippen LogP contribution in [0.15, 0.2) is 55.0 Å². The summed E-state index contributed by atoms with van der Waals surface area (Å²) in [6, 6.07) is 9.97. The van der Waals surface area contributed by atoms with Crippen molar-refractivity contribution in [2.24, 2.45) is 0 Å². The third-order valence-corrected chi connectivity index (χ3v) is 4.80. The van der Waals surface area contributed by atoms with Gasteiger partial charge in [-0.15, -0.1) is 12.4 Å². The molecule has 7 nitrogen and oxygen atoms in total. The minimum atomic E-state index is -0.505. The number of benzene rings is 1. The molecule has 0 radical (unpaired) electrons. The smallest absolute Gasteiger partial charge is 0.272 e. The number of rotatable bonds is 6. The van der Waals surface area contributed by atoms with Crippen LogP contribution in [0.2, 0.25) is 0 Å². The number of hydrogen-bond acceptors (Lipinski definition) is 5. The fraction of sp³-hybridized carbons (Fsp3) is 0.286. The van der Waals surface area contributed by atoms with Gasteiger partial charge in [-0.25, -0.2) is 4.39 Å². The molecule has 1 aliphatic rings. The van der Waals surface area contributed by atoms with E-state index >= 15 is 0 Å². The summed E-state index contributed by atoms with van der Waals surface area (Å²) >= 11 is 0. The predicted molar refractivity (Wildman–Crippen MR) is 112 cm³/mol. The molecular formula is C21H23ClFN5O2. The SMILES string of the molecule is Cl.O=C(NCc1ccc(Oc2cccnc2)c(F)c1)c1ccn(C2CCCNC2)n1. The molecule has 1 aliphatic heterocycles. The molecule has 1 fully saturated rings. The van der Waals surface area contributed by atoms with Crippen molar-refractivity contribution in [2.75, 3.05) is 13.1 Å². The lowest BCUT2D eigenvalue weighted by atomic mass is 10.1. The Morgan fingerprint density at radius 3 is 2.97 bits per heavy atom. The van der Waals surface area contributed by atoms with E-state index < -0.39 is 5.82 Å². The molecule has 4 rings (SSSR count). The van der Waals surface area contributed by atoms with E-state index in [1.165, 1.54) is 18.3 Å². The van der Waals surface area contributed by atoms with Gasteiger partial charge >= 0.3 is 0 Å². The maximum absolute atomic E-state index is 14.3. The van der Waals surface area contributed by atoms with E-state index in [0.29, 0.717) is 17.0 Å². The summed E-state index contributed by atoms with van der Waals surface area (Å²) in [6.45, 7) is 2.07. The molecule has 1 atom stereocenters. The van der Waals surface area contributed by atoms with E-state index in [1.807, 2.05) is 10.9 Å². The average Bonchev–Trinajstić information content (AvgIpc) is 3.26. The Balaban J connectivity index is 0.00000256. The van der Waals surface area contributed by atoms with Crippen LogP contribution in [0, 0.1) is 5.82 Å². The molecule has 30 heavy (non-hydrogen) atoms. The van der Waals surface area contributed by atoms with Gasteiger partial charge in [-0.3, -0.25) is 14.5 Å². The van der Waals surface area contributed by atoms with E-state index in [4.69, 9.17) is 4.74 Å². The maximum Gasteiger partial charge on any atom is 0.272 e. The third-order valence-electron chi connectivity index (χ3n) is 4.80. The summed E-state index contributed by atoms with van der Waals surface area (Å²) in [5, 5.41) is 10.5. The number of halogens is 2. The number of nitrogens with one attached hydrogen (secondary N) is 2. The van der Waals surface area contributed by atoms with Gasteiger partial charge in [0.2, 0.25) is 0 Å². The minimum Gasteiger partial charge on any atom is -0.453 e. The zero-order valence-corrected chi connectivity index (χ0v) is 17.1. The molecule has 0 aliphatic carbocycles. The van der Waals surface area contributed by atoms with Gasteiger partial charge in [-0.1, -0.05) is 6.07 Å². The summed E-state index contributed by atoms with van der Waals surface area (Å²) < 4.78 is 21.6. The molecule has 0 bridgehead atoms. The number of amides is 1. The molecular weight excluding hydrogens is 409 g/mol. The van der Waals surface area contributed by atoms with Crippen molar-refractivity contribution < 1.29 is 13.9 Å². The van der Waals surface area contributed by atoms with Gasteiger partial charge in [-0.2, -0.15) is 5.10 Å². The van der Waals surface area contributed by atoms with E-state index in [-0.39, 0.29) is 36.7 Å². The molecule has 2 aromatic heterocycles. The van der Waals surface area contributed by atoms with Crippen molar-refractivity contribution >= 4 is 18.3 Å². The summed E-state index contributed by atoms with van der Waals surface area (Å²) in [5.41, 5.74) is 0.984. The van der Waals surface area contributed by atoms with Gasteiger partial charge in [-0.05, 0) is 55.3 Å². The van der Waals surface area contributed by atoms with Gasteiger partial charge in [0.1, 0.15) is 11.4 Å². The largest absolute Gasteiger partial charge is 0.453 e. The molecule has 2 N–H and O–H groups in total. The molecule has 158 valence electrons. The van der Waals surface area contributed by atoms with Gasteiger partial charge in [0, 0.05) is 25.5 Å². The molecule has 0 saturated carbocycles. The number of carbonyl (C=O) groups is 1. The summed E-state index contributed by atoms with van der Waals surface area (Å²) in [6.07, 6.45) is 7.09. The standard InChI is InChI=1S/C21H22FN5O2.ClH/c22-18-11-15(5-6-20(18)29-17-4-2-9-24-14-17)12-25-21(28)19-7-10-27(26-19)16-3-1-8-23-13-16;/h2,4-7,9-11,14,16,23H,1,3,8,12-13H2,(H,25,28);1H. The van der Waals surface area contributed by atoms with Crippen molar-refractivity contribution in [3.05, 3.63) is 72.1 Å². The van der Waals surface area contributed by atoms with Crippen molar-refractivity contribution in [1.82, 2.24) is 25.4 Å². The second kappa shape index (κ2) is 10.2. The van der Waals surface area contributed by atoms with Crippen LogP contribution in [0.4, 0.5) is 4.39 Å². The highest BCUT2D eigenvalue weighted by Gasteiger charge is 2.17.